The maximum Gasteiger partial charge on any atom is 0.397 e. The van der Waals surface area contributed by atoms with Crippen LogP contribution in [0.1, 0.15) is 107 Å². The van der Waals surface area contributed by atoms with Gasteiger partial charge in [0, 0.05) is 19.4 Å². The van der Waals surface area contributed by atoms with Crippen molar-refractivity contribution < 1.29 is 130 Å². The molecule has 8 fully saturated rings. The first-order valence-corrected chi connectivity index (χ1v) is 29.8. The van der Waals surface area contributed by atoms with Crippen molar-refractivity contribution >= 4 is 22.2 Å². The van der Waals surface area contributed by atoms with Crippen LogP contribution in [0.3, 0.4) is 0 Å². The van der Waals surface area contributed by atoms with Crippen molar-refractivity contribution in [2.75, 3.05) is 26.9 Å². The van der Waals surface area contributed by atoms with Crippen LogP contribution in [0, 0.1) is 39.4 Å². The van der Waals surface area contributed by atoms with E-state index in [2.05, 4.69) is 6.92 Å². The molecule has 12 N–H and O–H groups in total. The second-order valence-electron chi connectivity index (χ2n) is 26.1. The van der Waals surface area contributed by atoms with E-state index in [4.69, 9.17) is 51.6 Å². The Hall–Kier alpha value is -2.05. The number of hydrogen-bond donors (Lipinski definition) is 12. The first-order chi connectivity index (χ1) is 38.1. The number of hydrogen-bond acceptors (Lipinski definition) is 26. The number of esters is 1. The fraction of sp³-hybridized carbons (Fsp3) is 0.926. The van der Waals surface area contributed by atoms with Crippen LogP contribution in [0.4, 0.5) is 0 Å². The molecule has 4 aliphatic carbocycles. The molecule has 9 aliphatic rings. The van der Waals surface area contributed by atoms with Crippen LogP contribution in [0.15, 0.2) is 11.6 Å². The number of fused-ring (bicyclic) bond motifs is 4. The molecular formula is C54H86O27S. The van der Waals surface area contributed by atoms with E-state index in [1.807, 2.05) is 26.8 Å². The molecule has 0 amide bonds. The molecule has 3 saturated carbocycles. The summed E-state index contributed by atoms with van der Waals surface area (Å²) in [5.74, 6) is -1.77. The highest BCUT2D eigenvalue weighted by Gasteiger charge is 2.80. The number of carbonyl (C=O) groups excluding carboxylic acids is 2. The lowest BCUT2D eigenvalue weighted by molar-refractivity contribution is -0.389. The molecule has 82 heavy (non-hydrogen) atoms. The van der Waals surface area contributed by atoms with Gasteiger partial charge in [0.05, 0.1) is 43.7 Å². The van der Waals surface area contributed by atoms with Crippen molar-refractivity contribution in [1.82, 2.24) is 0 Å². The third-order valence-electron chi connectivity index (χ3n) is 20.6. The molecule has 0 aromatic carbocycles. The lowest BCUT2D eigenvalue weighted by Gasteiger charge is -2.64. The van der Waals surface area contributed by atoms with Crippen LogP contribution >= 0.6 is 0 Å². The maximum absolute atomic E-state index is 14.5. The number of ether oxygens (including phenoxy) is 10. The molecular weight excluding hydrogens is 1110 g/mol. The Morgan fingerprint density at radius 3 is 1.89 bits per heavy atom. The van der Waals surface area contributed by atoms with Gasteiger partial charge in [-0.3, -0.25) is 14.1 Å². The molecule has 0 radical (unpaired) electrons. The van der Waals surface area contributed by atoms with Gasteiger partial charge in [0.15, 0.2) is 36.5 Å². The summed E-state index contributed by atoms with van der Waals surface area (Å²) >= 11 is 0. The molecule has 28 atom stereocenters. The minimum atomic E-state index is -5.20. The van der Waals surface area contributed by atoms with Crippen molar-refractivity contribution in [3.8, 4) is 0 Å². The van der Waals surface area contributed by atoms with Gasteiger partial charge in [-0.25, -0.2) is 4.18 Å². The molecule has 9 rings (SSSR count). The van der Waals surface area contributed by atoms with Crippen LogP contribution in [-0.2, 0) is 71.5 Å². The number of aliphatic hydroxyl groups is 11. The summed E-state index contributed by atoms with van der Waals surface area (Å²) in [4.78, 5) is 28.4. The van der Waals surface area contributed by atoms with E-state index in [-0.39, 0.29) is 30.5 Å². The maximum atomic E-state index is 14.5. The molecule has 1 spiro atoms. The van der Waals surface area contributed by atoms with Gasteiger partial charge in [-0.1, -0.05) is 39.3 Å². The molecule has 0 aromatic heterocycles. The van der Waals surface area contributed by atoms with Crippen LogP contribution in [0.25, 0.3) is 0 Å². The molecule has 5 heterocycles. The number of cyclic esters (lactones) is 1. The van der Waals surface area contributed by atoms with E-state index in [1.165, 1.54) is 14.0 Å². The predicted molar refractivity (Wildman–Crippen MR) is 274 cm³/mol. The summed E-state index contributed by atoms with van der Waals surface area (Å²) in [6.07, 6.45) is -29.1. The number of methoxy groups -OCH3 is 1. The summed E-state index contributed by atoms with van der Waals surface area (Å²) in [7, 11) is -4.02. The molecule has 0 bridgehead atoms. The molecule has 0 unspecified atom stereocenters. The van der Waals surface area contributed by atoms with Crippen LogP contribution < -0.4 is 0 Å². The number of carbonyl (C=O) groups is 2. The van der Waals surface area contributed by atoms with Crippen LogP contribution in [0.5, 0.6) is 0 Å². The van der Waals surface area contributed by atoms with E-state index in [0.29, 0.717) is 38.5 Å². The van der Waals surface area contributed by atoms with Crippen molar-refractivity contribution in [1.29, 1.82) is 0 Å². The Labute approximate surface area is 475 Å². The van der Waals surface area contributed by atoms with Crippen LogP contribution in [0.2, 0.25) is 0 Å². The zero-order valence-corrected chi connectivity index (χ0v) is 48.4. The smallest absolute Gasteiger partial charge is 0.397 e. The normalized spacial score (nSPS) is 50.4. The average Bonchev–Trinajstić information content (AvgIpc) is 1.52. The molecule has 0 aromatic rings. The minimum Gasteiger partial charge on any atom is -0.450 e. The van der Waals surface area contributed by atoms with E-state index >= 15 is 0 Å². The van der Waals surface area contributed by atoms with Gasteiger partial charge in [-0.15, -0.1) is 0 Å². The van der Waals surface area contributed by atoms with Gasteiger partial charge >= 0.3 is 16.4 Å². The highest BCUT2D eigenvalue weighted by molar-refractivity contribution is 7.80. The number of allylic oxidation sites excluding steroid dienone is 1. The molecule has 5 aliphatic heterocycles. The van der Waals surface area contributed by atoms with Gasteiger partial charge in [0.2, 0.25) is 0 Å². The number of rotatable bonds is 17. The fourth-order valence-electron chi connectivity index (χ4n) is 16.2. The van der Waals surface area contributed by atoms with Crippen LogP contribution in [-0.4, -0.2) is 248 Å². The zero-order valence-electron chi connectivity index (χ0n) is 47.6. The number of aliphatic hydroxyl groups excluding tert-OH is 10. The minimum absolute atomic E-state index is 0.00485. The van der Waals surface area contributed by atoms with Gasteiger partial charge in [0.1, 0.15) is 90.9 Å². The second-order valence-corrected chi connectivity index (χ2v) is 27.2. The van der Waals surface area contributed by atoms with Crippen molar-refractivity contribution in [2.45, 2.75) is 247 Å². The standard InChI is InChI=1S/C54H86O27S/c1-22-40(77-46-39(65)42(34(60)26(20-56)75-46)78-45-38(64)41(71-9)33(59)25(19-55)74-45)36(62)37(63)44(73-22)79-43-35(61)27(81-82(68,69)70)21-72-47(43)76-32-14-16-51(6)24-18-31(58)54-29(53(8,80-48(54)66)30(57)13-15-49(2,3)67)12-17-52(54,7)23(24)10-11-28(51)50(32,4)5/h18,22-23,25-29,31-47,55-56,58-65,67H,10-17,19-21H2,1-9H3,(H,68,69,70)/t22-,23-,25-,26-,27-,28+,29-,31+,32+,33-,34-,35+,36-,37-,38-,39-,40-,41+,42+,43-,44+,45+,46+,47+,51-,52+,53-,54+/m1/s1. The predicted octanol–water partition coefficient (Wildman–Crippen LogP) is -2.22. The fourth-order valence-corrected chi connectivity index (χ4v) is 16.7. The van der Waals surface area contributed by atoms with Crippen molar-refractivity contribution in [3.63, 3.8) is 0 Å². The summed E-state index contributed by atoms with van der Waals surface area (Å²) in [5, 5.41) is 122. The third kappa shape index (κ3) is 10.8. The van der Waals surface area contributed by atoms with E-state index in [1.54, 1.807) is 20.8 Å². The topological polar surface area (TPSA) is 413 Å². The second kappa shape index (κ2) is 23.2. The van der Waals surface area contributed by atoms with Gasteiger partial charge in [-0.05, 0) is 101 Å². The number of Topliss-reactive ketones (excluding diaryl/α,β-unsaturated/α-hetero) is 1. The molecule has 27 nitrogen and oxygen atoms in total. The average molecular weight is 1200 g/mol. The highest BCUT2D eigenvalue weighted by atomic mass is 32.3. The quantitative estimate of drug-likeness (QED) is 0.0318. The lowest BCUT2D eigenvalue weighted by atomic mass is 9.40. The first-order valence-electron chi connectivity index (χ1n) is 28.4. The van der Waals surface area contributed by atoms with E-state index in [9.17, 15) is 78.7 Å². The Morgan fingerprint density at radius 2 is 1.29 bits per heavy atom. The highest BCUT2D eigenvalue weighted by Crippen LogP contribution is 2.76. The van der Waals surface area contributed by atoms with Gasteiger partial charge in [0.25, 0.3) is 0 Å². The summed E-state index contributed by atoms with van der Waals surface area (Å²) in [6.45, 7) is 12.2. The lowest BCUT2D eigenvalue weighted by Crippen LogP contribution is -2.67. The molecule has 5 saturated heterocycles. The SMILES string of the molecule is CO[C@@H]1[C@@H](O)[C@H](O[C@@H]2[C@@H](O)[C@H](O[C@H]3[C@H](O)[C@@H](O)[C@H](O[C@H]4[C@H](O[C@H]5CC[C@]6(C)C7=C[C@H](O)[C@]89C(=O)O[C@@](C)(C(=O)CCC(C)(C)O)[C@H]8CC[C@@]9(C)[C@@H]7CC[C@H]6C5(C)C)OC[C@@H](OS(=O)(=O)O)[C@@H]4O)O[C@@H]3C)O[C@H](CO)[C@H]2O)O[C@H](CO)[C@H]1O. The zero-order chi connectivity index (χ0) is 60.4. The largest absolute Gasteiger partial charge is 0.450 e. The Balaban J connectivity index is 0.908. The molecule has 28 heteroatoms. The van der Waals surface area contributed by atoms with E-state index < -0.39 is 204 Å². The first kappa shape index (κ1) is 64.4. The third-order valence-corrected chi connectivity index (χ3v) is 21.1. The Kier molecular flexibility index (Phi) is 18.2. The monoisotopic (exact) mass is 1200 g/mol. The van der Waals surface area contributed by atoms with Crippen molar-refractivity contribution in [2.24, 2.45) is 39.4 Å². The Bertz CT molecular complexity index is 2460. The van der Waals surface area contributed by atoms with Gasteiger partial charge in [-0.2, -0.15) is 8.42 Å². The summed E-state index contributed by atoms with van der Waals surface area (Å²) in [5.41, 5.74) is -5.02. The van der Waals surface area contributed by atoms with E-state index in [0.717, 1.165) is 5.57 Å². The summed E-state index contributed by atoms with van der Waals surface area (Å²) in [6, 6.07) is 0. The summed E-state index contributed by atoms with van der Waals surface area (Å²) < 4.78 is 97.7. The van der Waals surface area contributed by atoms with Crippen molar-refractivity contribution in [3.05, 3.63) is 11.6 Å². The molecule has 470 valence electrons. The van der Waals surface area contributed by atoms with Gasteiger partial charge < -0.3 is 104 Å². The Morgan fingerprint density at radius 1 is 0.707 bits per heavy atom. The number of ketones is 1.